The molecule has 0 spiro atoms. The number of piperazine rings is 1. The number of imidazole rings is 1. The SMILES string of the molecule is Cc1ccc(Nc2cc(N3CCN(C(=O)c4c(C)nc5ccccn45)CC3)nc(C)n2)cc1. The molecule has 1 aliphatic heterocycles. The van der Waals surface area contributed by atoms with Crippen LogP contribution in [0.15, 0.2) is 54.7 Å². The van der Waals surface area contributed by atoms with Gasteiger partial charge in [0, 0.05) is 44.1 Å². The summed E-state index contributed by atoms with van der Waals surface area (Å²) < 4.78 is 1.88. The fourth-order valence-electron chi connectivity index (χ4n) is 4.22. The standard InChI is InChI=1S/C25H27N7O/c1-17-7-9-20(10-8-17)29-21-16-23(28-19(3)27-21)30-12-14-31(15-13-30)25(33)24-18(2)26-22-6-4-5-11-32(22)24/h4-11,16H,12-15H2,1-3H3,(H,27,28,29). The second-order valence-electron chi connectivity index (χ2n) is 8.40. The number of pyridine rings is 1. The largest absolute Gasteiger partial charge is 0.353 e. The van der Waals surface area contributed by atoms with E-state index in [1.54, 1.807) is 0 Å². The lowest BCUT2D eigenvalue weighted by Crippen LogP contribution is -2.49. The molecule has 168 valence electrons. The number of aromatic nitrogens is 4. The van der Waals surface area contributed by atoms with Gasteiger partial charge in [-0.05, 0) is 45.0 Å². The molecule has 3 aromatic heterocycles. The fraction of sp³-hybridized carbons (Fsp3) is 0.280. The van der Waals surface area contributed by atoms with Crippen molar-refractivity contribution in [3.8, 4) is 0 Å². The van der Waals surface area contributed by atoms with Gasteiger partial charge >= 0.3 is 0 Å². The van der Waals surface area contributed by atoms with Crippen LogP contribution in [-0.2, 0) is 0 Å². The third-order valence-corrected chi connectivity index (χ3v) is 5.95. The number of fused-ring (bicyclic) bond motifs is 1. The van der Waals surface area contributed by atoms with Gasteiger partial charge in [-0.3, -0.25) is 9.20 Å². The predicted octanol–water partition coefficient (Wildman–Crippen LogP) is 3.76. The number of nitrogens with one attached hydrogen (secondary N) is 1. The van der Waals surface area contributed by atoms with Gasteiger partial charge in [-0.15, -0.1) is 0 Å². The molecule has 0 bridgehead atoms. The minimum atomic E-state index is 0.0199. The molecule has 1 N–H and O–H groups in total. The minimum Gasteiger partial charge on any atom is -0.353 e. The molecule has 8 heteroatoms. The third kappa shape index (κ3) is 4.24. The first-order valence-electron chi connectivity index (χ1n) is 11.2. The number of aryl methyl sites for hydroxylation is 3. The first-order valence-corrected chi connectivity index (χ1v) is 11.2. The molecular weight excluding hydrogens is 414 g/mol. The number of amides is 1. The van der Waals surface area contributed by atoms with Gasteiger partial charge in [-0.2, -0.15) is 0 Å². The summed E-state index contributed by atoms with van der Waals surface area (Å²) in [5, 5.41) is 3.37. The molecule has 4 aromatic rings. The van der Waals surface area contributed by atoms with Crippen LogP contribution in [0.1, 0.15) is 27.6 Å². The van der Waals surface area contributed by atoms with Crippen LogP contribution < -0.4 is 10.2 Å². The van der Waals surface area contributed by atoms with Crippen molar-refractivity contribution in [3.63, 3.8) is 0 Å². The van der Waals surface area contributed by atoms with Crippen molar-refractivity contribution in [1.82, 2.24) is 24.3 Å². The maximum atomic E-state index is 13.3. The van der Waals surface area contributed by atoms with Gasteiger partial charge < -0.3 is 15.1 Å². The molecule has 5 rings (SSSR count). The van der Waals surface area contributed by atoms with Crippen molar-refractivity contribution >= 4 is 28.9 Å². The van der Waals surface area contributed by atoms with Crippen molar-refractivity contribution in [2.24, 2.45) is 0 Å². The first-order chi connectivity index (χ1) is 16.0. The van der Waals surface area contributed by atoms with Crippen LogP contribution in [0.2, 0.25) is 0 Å². The molecule has 1 aliphatic rings. The van der Waals surface area contributed by atoms with Crippen LogP contribution in [0.4, 0.5) is 17.3 Å². The molecule has 1 amide bonds. The molecule has 1 fully saturated rings. The van der Waals surface area contributed by atoms with E-state index in [2.05, 4.69) is 44.2 Å². The third-order valence-electron chi connectivity index (χ3n) is 5.95. The van der Waals surface area contributed by atoms with Crippen LogP contribution in [0.25, 0.3) is 5.65 Å². The van der Waals surface area contributed by atoms with Crippen molar-refractivity contribution in [3.05, 3.63) is 77.5 Å². The smallest absolute Gasteiger partial charge is 0.272 e. The molecule has 0 radical (unpaired) electrons. The minimum absolute atomic E-state index is 0.0199. The van der Waals surface area contributed by atoms with E-state index in [1.165, 1.54) is 5.56 Å². The Hall–Kier alpha value is -3.94. The Balaban J connectivity index is 1.30. The maximum Gasteiger partial charge on any atom is 0.272 e. The zero-order valence-corrected chi connectivity index (χ0v) is 19.1. The number of hydrogen-bond donors (Lipinski definition) is 1. The Morgan fingerprint density at radius 3 is 2.42 bits per heavy atom. The first kappa shape index (κ1) is 20.9. The van der Waals surface area contributed by atoms with Gasteiger partial charge in [0.05, 0.1) is 5.69 Å². The van der Waals surface area contributed by atoms with Crippen molar-refractivity contribution in [2.45, 2.75) is 20.8 Å². The average molecular weight is 442 g/mol. The lowest BCUT2D eigenvalue weighted by molar-refractivity contribution is 0.0738. The zero-order chi connectivity index (χ0) is 22.9. The summed E-state index contributed by atoms with van der Waals surface area (Å²) in [4.78, 5) is 31.1. The molecule has 0 saturated carbocycles. The lowest BCUT2D eigenvalue weighted by atomic mass is 10.2. The van der Waals surface area contributed by atoms with E-state index in [0.717, 1.165) is 28.7 Å². The fourth-order valence-corrected chi connectivity index (χ4v) is 4.22. The Kier molecular flexibility index (Phi) is 5.42. The number of hydrogen-bond acceptors (Lipinski definition) is 6. The van der Waals surface area contributed by atoms with Crippen molar-refractivity contribution < 1.29 is 4.79 Å². The van der Waals surface area contributed by atoms with E-state index >= 15 is 0 Å². The Morgan fingerprint density at radius 2 is 1.67 bits per heavy atom. The number of nitrogens with zero attached hydrogens (tertiary/aromatic N) is 6. The highest BCUT2D eigenvalue weighted by Gasteiger charge is 2.27. The number of anilines is 3. The van der Waals surface area contributed by atoms with Gasteiger partial charge in [0.25, 0.3) is 5.91 Å². The highest BCUT2D eigenvalue weighted by Crippen LogP contribution is 2.22. The second kappa shape index (κ2) is 8.54. The summed E-state index contributed by atoms with van der Waals surface area (Å²) in [6.07, 6.45) is 1.89. The van der Waals surface area contributed by atoms with E-state index in [4.69, 9.17) is 0 Å². The Labute approximate surface area is 192 Å². The summed E-state index contributed by atoms with van der Waals surface area (Å²) >= 11 is 0. The van der Waals surface area contributed by atoms with Crippen LogP contribution >= 0.6 is 0 Å². The van der Waals surface area contributed by atoms with E-state index in [-0.39, 0.29) is 5.91 Å². The summed E-state index contributed by atoms with van der Waals surface area (Å²) in [7, 11) is 0. The quantitative estimate of drug-likeness (QED) is 0.520. The molecule has 0 aliphatic carbocycles. The number of carbonyl (C=O) groups is 1. The summed E-state index contributed by atoms with van der Waals surface area (Å²) in [5.41, 5.74) is 4.39. The van der Waals surface area contributed by atoms with E-state index in [1.807, 2.05) is 65.7 Å². The average Bonchev–Trinajstić information content (AvgIpc) is 3.15. The molecule has 1 saturated heterocycles. The van der Waals surface area contributed by atoms with Gasteiger partial charge in [-0.25, -0.2) is 15.0 Å². The highest BCUT2D eigenvalue weighted by atomic mass is 16.2. The topological polar surface area (TPSA) is 78.7 Å². The van der Waals surface area contributed by atoms with E-state index < -0.39 is 0 Å². The van der Waals surface area contributed by atoms with Crippen molar-refractivity contribution in [1.29, 1.82) is 0 Å². The molecule has 4 heterocycles. The van der Waals surface area contributed by atoms with Crippen LogP contribution in [0.3, 0.4) is 0 Å². The molecule has 1 aromatic carbocycles. The molecule has 0 atom stereocenters. The van der Waals surface area contributed by atoms with E-state index in [0.29, 0.717) is 37.7 Å². The summed E-state index contributed by atoms with van der Waals surface area (Å²) in [5.74, 6) is 2.37. The molecule has 8 nitrogen and oxygen atoms in total. The second-order valence-corrected chi connectivity index (χ2v) is 8.40. The Morgan fingerprint density at radius 1 is 0.909 bits per heavy atom. The van der Waals surface area contributed by atoms with Gasteiger partial charge in [0.15, 0.2) is 0 Å². The van der Waals surface area contributed by atoms with Crippen molar-refractivity contribution in [2.75, 3.05) is 36.4 Å². The van der Waals surface area contributed by atoms with E-state index in [9.17, 15) is 4.79 Å². The van der Waals surface area contributed by atoms with Gasteiger partial charge in [0.1, 0.15) is 28.8 Å². The number of carbonyl (C=O) groups excluding carboxylic acids is 1. The molecule has 0 unspecified atom stereocenters. The van der Waals surface area contributed by atoms with Crippen LogP contribution in [0, 0.1) is 20.8 Å². The lowest BCUT2D eigenvalue weighted by Gasteiger charge is -2.35. The predicted molar refractivity (Wildman–Crippen MR) is 129 cm³/mol. The molecular formula is C25H27N7O. The highest BCUT2D eigenvalue weighted by molar-refractivity contribution is 5.94. The summed E-state index contributed by atoms with van der Waals surface area (Å²) in [6.45, 7) is 8.53. The zero-order valence-electron chi connectivity index (χ0n) is 19.1. The van der Waals surface area contributed by atoms with Crippen LogP contribution in [0.5, 0.6) is 0 Å². The number of rotatable bonds is 4. The normalized spacial score (nSPS) is 14.0. The van der Waals surface area contributed by atoms with Crippen LogP contribution in [-0.4, -0.2) is 56.3 Å². The van der Waals surface area contributed by atoms with Gasteiger partial charge in [0.2, 0.25) is 0 Å². The maximum absolute atomic E-state index is 13.3. The monoisotopic (exact) mass is 441 g/mol. The summed E-state index contributed by atoms with van der Waals surface area (Å²) in [6, 6.07) is 16.0. The number of benzene rings is 1. The van der Waals surface area contributed by atoms with Gasteiger partial charge in [-0.1, -0.05) is 23.8 Å². The molecule has 33 heavy (non-hydrogen) atoms. The Bertz CT molecular complexity index is 1300.